The average Bonchev–Trinajstić information content (AvgIpc) is 3.13. The zero-order valence-corrected chi connectivity index (χ0v) is 16.1. The Hall–Kier alpha value is -3.25. The fourth-order valence-corrected chi connectivity index (χ4v) is 3.37. The second-order valence-corrected chi connectivity index (χ2v) is 7.04. The van der Waals surface area contributed by atoms with Crippen LogP contribution in [0.25, 0.3) is 5.70 Å². The summed E-state index contributed by atoms with van der Waals surface area (Å²) in [5.74, 6) is 0. The summed E-state index contributed by atoms with van der Waals surface area (Å²) in [6, 6.07) is 17.6. The van der Waals surface area contributed by atoms with Crippen molar-refractivity contribution in [2.24, 2.45) is 0 Å². The van der Waals surface area contributed by atoms with Crippen LogP contribution in [0.2, 0.25) is 0 Å². The van der Waals surface area contributed by atoms with Crippen molar-refractivity contribution in [3.8, 4) is 0 Å². The molecule has 1 aliphatic heterocycles. The molecule has 0 fully saturated rings. The van der Waals surface area contributed by atoms with Crippen LogP contribution >= 0.6 is 0 Å². The monoisotopic (exact) mass is 373 g/mol. The van der Waals surface area contributed by atoms with E-state index in [1.807, 2.05) is 44.3 Å². The predicted octanol–water partition coefficient (Wildman–Crippen LogP) is 3.50. The second-order valence-electron chi connectivity index (χ2n) is 7.04. The summed E-state index contributed by atoms with van der Waals surface area (Å²) in [6.07, 6.45) is 5.82. The molecule has 3 heterocycles. The van der Waals surface area contributed by atoms with Gasteiger partial charge in [-0.25, -0.2) is 9.69 Å². The summed E-state index contributed by atoms with van der Waals surface area (Å²) in [6.45, 7) is 5.41. The highest BCUT2D eigenvalue weighted by Gasteiger charge is 2.27. The molecule has 0 saturated heterocycles. The SMILES string of the molecule is CC(C)n1nc(C2=CCN(Cc3cccnc3)N2c2ccccc2)ccc1=O. The molecule has 0 spiro atoms. The molecule has 142 valence electrons. The quantitative estimate of drug-likeness (QED) is 0.685. The molecule has 3 aromatic rings. The van der Waals surface area contributed by atoms with Crippen LogP contribution in [0, 0.1) is 0 Å². The van der Waals surface area contributed by atoms with E-state index in [0.29, 0.717) is 0 Å². The van der Waals surface area contributed by atoms with Crippen LogP contribution in [0.4, 0.5) is 5.69 Å². The highest BCUT2D eigenvalue weighted by molar-refractivity contribution is 5.78. The lowest BCUT2D eigenvalue weighted by Gasteiger charge is -2.32. The highest BCUT2D eigenvalue weighted by atomic mass is 16.1. The first-order valence-corrected chi connectivity index (χ1v) is 9.43. The van der Waals surface area contributed by atoms with E-state index in [0.717, 1.165) is 35.7 Å². The summed E-state index contributed by atoms with van der Waals surface area (Å²) >= 11 is 0. The van der Waals surface area contributed by atoms with Gasteiger partial charge in [-0.05, 0) is 49.8 Å². The topological polar surface area (TPSA) is 54.3 Å². The molecule has 0 bridgehead atoms. The molecule has 0 N–H and O–H groups in total. The highest BCUT2D eigenvalue weighted by Crippen LogP contribution is 2.32. The third-order valence-electron chi connectivity index (χ3n) is 4.67. The Bertz CT molecular complexity index is 1030. The van der Waals surface area contributed by atoms with Crippen molar-refractivity contribution in [3.63, 3.8) is 0 Å². The van der Waals surface area contributed by atoms with Crippen molar-refractivity contribution in [3.05, 3.63) is 94.7 Å². The van der Waals surface area contributed by atoms with Crippen LogP contribution in [0.1, 0.15) is 31.1 Å². The van der Waals surface area contributed by atoms with Crippen molar-refractivity contribution >= 4 is 11.4 Å². The Labute approximate surface area is 164 Å². The molecule has 28 heavy (non-hydrogen) atoms. The molecule has 0 aliphatic carbocycles. The number of rotatable bonds is 5. The Morgan fingerprint density at radius 1 is 1.04 bits per heavy atom. The van der Waals surface area contributed by atoms with E-state index in [1.165, 1.54) is 4.68 Å². The van der Waals surface area contributed by atoms with E-state index >= 15 is 0 Å². The van der Waals surface area contributed by atoms with E-state index in [-0.39, 0.29) is 11.6 Å². The number of hydrogen-bond donors (Lipinski definition) is 0. The van der Waals surface area contributed by atoms with Crippen molar-refractivity contribution in [2.75, 3.05) is 11.6 Å². The Kier molecular flexibility index (Phi) is 5.04. The largest absolute Gasteiger partial charge is 0.272 e. The van der Waals surface area contributed by atoms with Crippen LogP contribution in [0.3, 0.4) is 0 Å². The van der Waals surface area contributed by atoms with E-state index < -0.39 is 0 Å². The van der Waals surface area contributed by atoms with E-state index in [2.05, 4.69) is 44.4 Å². The third-order valence-corrected chi connectivity index (χ3v) is 4.67. The summed E-state index contributed by atoms with van der Waals surface area (Å²) in [5.41, 5.74) is 3.86. The van der Waals surface area contributed by atoms with Gasteiger partial charge in [-0.3, -0.25) is 14.8 Å². The average molecular weight is 373 g/mol. The van der Waals surface area contributed by atoms with Gasteiger partial charge in [-0.2, -0.15) is 5.10 Å². The molecule has 6 heteroatoms. The van der Waals surface area contributed by atoms with Crippen LogP contribution in [-0.4, -0.2) is 26.3 Å². The molecule has 0 radical (unpaired) electrons. The number of hydrazine groups is 1. The number of para-hydroxylation sites is 1. The fraction of sp³-hybridized carbons (Fsp3) is 0.227. The lowest BCUT2D eigenvalue weighted by Crippen LogP contribution is -2.37. The van der Waals surface area contributed by atoms with Crippen LogP contribution in [-0.2, 0) is 6.54 Å². The number of anilines is 1. The Morgan fingerprint density at radius 3 is 2.57 bits per heavy atom. The zero-order valence-electron chi connectivity index (χ0n) is 16.1. The minimum Gasteiger partial charge on any atom is -0.272 e. The van der Waals surface area contributed by atoms with Gasteiger partial charge >= 0.3 is 0 Å². The first kappa shape index (κ1) is 18.1. The maximum absolute atomic E-state index is 12.1. The summed E-state index contributed by atoms with van der Waals surface area (Å²) in [4.78, 5) is 16.4. The van der Waals surface area contributed by atoms with Crippen molar-refractivity contribution < 1.29 is 0 Å². The third kappa shape index (κ3) is 3.59. The molecule has 1 aliphatic rings. The lowest BCUT2D eigenvalue weighted by atomic mass is 10.2. The van der Waals surface area contributed by atoms with Gasteiger partial charge in [0.2, 0.25) is 0 Å². The first-order chi connectivity index (χ1) is 13.6. The van der Waals surface area contributed by atoms with E-state index in [4.69, 9.17) is 0 Å². The van der Waals surface area contributed by atoms with Crippen LogP contribution < -0.4 is 10.6 Å². The van der Waals surface area contributed by atoms with Crippen LogP contribution in [0.5, 0.6) is 0 Å². The molecule has 0 unspecified atom stereocenters. The molecular formula is C22H23N5O. The summed E-state index contributed by atoms with van der Waals surface area (Å²) in [7, 11) is 0. The van der Waals surface area contributed by atoms with Gasteiger partial charge in [0.1, 0.15) is 5.69 Å². The summed E-state index contributed by atoms with van der Waals surface area (Å²) < 4.78 is 1.53. The van der Waals surface area contributed by atoms with E-state index in [1.54, 1.807) is 18.3 Å². The van der Waals surface area contributed by atoms with Crippen LogP contribution in [0.15, 0.2) is 77.9 Å². The minimum atomic E-state index is -0.0872. The molecule has 2 aromatic heterocycles. The number of hydrogen-bond acceptors (Lipinski definition) is 5. The fourth-order valence-electron chi connectivity index (χ4n) is 3.37. The Morgan fingerprint density at radius 2 is 1.86 bits per heavy atom. The maximum atomic E-state index is 12.1. The molecule has 0 atom stereocenters. The summed E-state index contributed by atoms with van der Waals surface area (Å²) in [5, 5.41) is 9.04. The zero-order chi connectivity index (χ0) is 19.5. The van der Waals surface area contributed by atoms with Gasteiger partial charge in [0.05, 0.1) is 17.4 Å². The van der Waals surface area contributed by atoms with Gasteiger partial charge in [0, 0.05) is 31.5 Å². The maximum Gasteiger partial charge on any atom is 0.267 e. The van der Waals surface area contributed by atoms with Gasteiger partial charge in [0.25, 0.3) is 5.56 Å². The van der Waals surface area contributed by atoms with E-state index in [9.17, 15) is 4.79 Å². The Balaban J connectivity index is 1.72. The van der Waals surface area contributed by atoms with Gasteiger partial charge in [0.15, 0.2) is 0 Å². The van der Waals surface area contributed by atoms with Crippen molar-refractivity contribution in [2.45, 2.75) is 26.4 Å². The molecule has 0 amide bonds. The second kappa shape index (κ2) is 7.78. The molecule has 0 saturated carbocycles. The molecule has 4 rings (SSSR count). The predicted molar refractivity (Wildman–Crippen MR) is 110 cm³/mol. The van der Waals surface area contributed by atoms with Gasteiger partial charge in [-0.15, -0.1) is 0 Å². The molecule has 1 aromatic carbocycles. The number of pyridine rings is 1. The number of aromatic nitrogens is 3. The minimum absolute atomic E-state index is 0.00567. The first-order valence-electron chi connectivity index (χ1n) is 9.43. The molecule has 6 nitrogen and oxygen atoms in total. The normalized spacial score (nSPS) is 14.5. The lowest BCUT2D eigenvalue weighted by molar-refractivity contribution is 0.317. The van der Waals surface area contributed by atoms with Crippen molar-refractivity contribution in [1.82, 2.24) is 19.8 Å². The van der Waals surface area contributed by atoms with Gasteiger partial charge in [-0.1, -0.05) is 24.3 Å². The standard InChI is InChI=1S/C22H23N5O/c1-17(2)26-22(28)11-10-20(24-26)21-12-14-25(16-18-7-6-13-23-15-18)27(21)19-8-4-3-5-9-19/h3-13,15,17H,14,16H2,1-2H3. The number of benzene rings is 1. The smallest absolute Gasteiger partial charge is 0.267 e. The van der Waals surface area contributed by atoms with Crippen molar-refractivity contribution in [1.29, 1.82) is 0 Å². The molecular weight excluding hydrogens is 350 g/mol. The number of nitrogens with zero attached hydrogens (tertiary/aromatic N) is 5. The van der Waals surface area contributed by atoms with Gasteiger partial charge < -0.3 is 0 Å².